The molecule has 0 spiro atoms. The number of carbonyl (C=O) groups excluding carboxylic acids is 1. The fourth-order valence-corrected chi connectivity index (χ4v) is 3.86. The van der Waals surface area contributed by atoms with Gasteiger partial charge in [0.25, 0.3) is 5.91 Å². The number of aromatic amines is 1. The molecule has 1 aromatic heterocycles. The smallest absolute Gasteiger partial charge is 0.274 e. The van der Waals surface area contributed by atoms with E-state index >= 15 is 0 Å². The van der Waals surface area contributed by atoms with Gasteiger partial charge in [-0.25, -0.2) is 4.98 Å². The van der Waals surface area contributed by atoms with E-state index in [0.717, 1.165) is 16.8 Å². The number of H-pyrrole nitrogens is 1. The van der Waals surface area contributed by atoms with Crippen molar-refractivity contribution in [3.05, 3.63) is 77.6 Å². The maximum atomic E-state index is 13.1. The van der Waals surface area contributed by atoms with Crippen LogP contribution in [-0.2, 0) is 5.41 Å². The van der Waals surface area contributed by atoms with Gasteiger partial charge in [0.2, 0.25) is 0 Å². The highest BCUT2D eigenvalue weighted by Gasteiger charge is 2.38. The molecule has 1 amide bonds. The number of benzene rings is 2. The number of likely N-dealkylation sites (tertiary alicyclic amines) is 1. The number of amides is 1. The van der Waals surface area contributed by atoms with Gasteiger partial charge in [0.05, 0.1) is 11.5 Å². The van der Waals surface area contributed by atoms with Gasteiger partial charge in [0.1, 0.15) is 11.5 Å². The van der Waals surface area contributed by atoms with Gasteiger partial charge < -0.3 is 9.88 Å². The van der Waals surface area contributed by atoms with E-state index in [0.29, 0.717) is 37.4 Å². The number of aryl methyl sites for hydroxylation is 1. The lowest BCUT2D eigenvalue weighted by Gasteiger charge is -2.37. The summed E-state index contributed by atoms with van der Waals surface area (Å²) in [5.41, 5.74) is 2.70. The lowest BCUT2D eigenvalue weighted by Crippen LogP contribution is -2.44. The summed E-state index contributed by atoms with van der Waals surface area (Å²) < 4.78 is 0. The Morgan fingerprint density at radius 1 is 1.07 bits per heavy atom. The van der Waals surface area contributed by atoms with Crippen molar-refractivity contribution in [2.24, 2.45) is 0 Å². The van der Waals surface area contributed by atoms with Crippen LogP contribution in [0.2, 0.25) is 0 Å². The maximum absolute atomic E-state index is 13.1. The molecule has 2 aromatic carbocycles. The number of nitrogens with zero attached hydrogens (tertiary/aromatic N) is 3. The summed E-state index contributed by atoms with van der Waals surface area (Å²) in [6, 6.07) is 22.2. The van der Waals surface area contributed by atoms with Gasteiger partial charge >= 0.3 is 0 Å². The van der Waals surface area contributed by atoms with Gasteiger partial charge in [0.15, 0.2) is 0 Å². The molecular formula is C23H22N4O. The Balaban J connectivity index is 1.52. The molecule has 1 aliphatic rings. The van der Waals surface area contributed by atoms with Crippen molar-refractivity contribution in [3.8, 4) is 17.5 Å². The Labute approximate surface area is 164 Å². The Bertz CT molecular complexity index is 1010. The molecule has 2 heterocycles. The first-order valence-corrected chi connectivity index (χ1v) is 9.51. The summed E-state index contributed by atoms with van der Waals surface area (Å²) in [6.45, 7) is 2.97. The van der Waals surface area contributed by atoms with E-state index in [2.05, 4.69) is 16.0 Å². The van der Waals surface area contributed by atoms with Crippen LogP contribution in [0.15, 0.2) is 60.7 Å². The largest absolute Gasteiger partial charge is 0.341 e. The van der Waals surface area contributed by atoms with Gasteiger partial charge in [-0.15, -0.1) is 0 Å². The normalized spacial score (nSPS) is 15.8. The van der Waals surface area contributed by atoms with Crippen molar-refractivity contribution in [1.82, 2.24) is 14.9 Å². The molecule has 0 aliphatic carbocycles. The third-order valence-corrected chi connectivity index (χ3v) is 5.58. The van der Waals surface area contributed by atoms with Gasteiger partial charge in [-0.2, -0.15) is 5.26 Å². The van der Waals surface area contributed by atoms with Gasteiger partial charge in [-0.1, -0.05) is 60.7 Å². The monoisotopic (exact) mass is 370 g/mol. The SMILES string of the molecule is Cc1[nH]c(-c2ccccc2)nc1C(=O)N1CCC(C#N)(c2ccccc2)CC1. The maximum Gasteiger partial charge on any atom is 0.274 e. The summed E-state index contributed by atoms with van der Waals surface area (Å²) >= 11 is 0. The van der Waals surface area contributed by atoms with Crippen LogP contribution in [0.1, 0.15) is 34.6 Å². The number of carbonyl (C=O) groups is 1. The Kier molecular flexibility index (Phi) is 4.70. The molecule has 0 unspecified atom stereocenters. The molecule has 28 heavy (non-hydrogen) atoms. The third kappa shape index (κ3) is 3.18. The average molecular weight is 370 g/mol. The van der Waals surface area contributed by atoms with Crippen LogP contribution in [0.25, 0.3) is 11.4 Å². The van der Waals surface area contributed by atoms with E-state index in [1.54, 1.807) is 0 Å². The Hall–Kier alpha value is -3.39. The van der Waals surface area contributed by atoms with E-state index in [1.165, 1.54) is 0 Å². The summed E-state index contributed by atoms with van der Waals surface area (Å²) in [6.07, 6.45) is 1.27. The summed E-state index contributed by atoms with van der Waals surface area (Å²) in [5, 5.41) is 9.84. The van der Waals surface area contributed by atoms with Crippen LogP contribution in [0.4, 0.5) is 0 Å². The topological polar surface area (TPSA) is 72.8 Å². The quantitative estimate of drug-likeness (QED) is 0.755. The second kappa shape index (κ2) is 7.32. The first kappa shape index (κ1) is 18.0. The highest BCUT2D eigenvalue weighted by molar-refractivity contribution is 5.94. The minimum absolute atomic E-state index is 0.0736. The van der Waals surface area contributed by atoms with Crippen LogP contribution in [0.3, 0.4) is 0 Å². The van der Waals surface area contributed by atoms with E-state index in [1.807, 2.05) is 72.5 Å². The van der Waals surface area contributed by atoms with E-state index in [4.69, 9.17) is 0 Å². The molecule has 0 atom stereocenters. The first-order chi connectivity index (χ1) is 13.6. The second-order valence-corrected chi connectivity index (χ2v) is 7.28. The molecule has 1 saturated heterocycles. The molecule has 4 rings (SSSR count). The Morgan fingerprint density at radius 2 is 1.68 bits per heavy atom. The van der Waals surface area contributed by atoms with Crippen LogP contribution >= 0.6 is 0 Å². The summed E-state index contributed by atoms with van der Waals surface area (Å²) in [5.74, 6) is 0.629. The predicted octanol–water partition coefficient (Wildman–Crippen LogP) is 4.08. The zero-order valence-electron chi connectivity index (χ0n) is 15.9. The summed E-state index contributed by atoms with van der Waals surface area (Å²) in [7, 11) is 0. The highest BCUT2D eigenvalue weighted by atomic mass is 16.2. The first-order valence-electron chi connectivity index (χ1n) is 9.51. The molecule has 5 heteroatoms. The zero-order valence-corrected chi connectivity index (χ0v) is 15.9. The number of nitrogens with one attached hydrogen (secondary N) is 1. The van der Waals surface area contributed by atoms with Gasteiger partial charge in [-0.05, 0) is 25.3 Å². The molecule has 1 N–H and O–H groups in total. The number of nitriles is 1. The van der Waals surface area contributed by atoms with Crippen molar-refractivity contribution in [2.45, 2.75) is 25.2 Å². The fraction of sp³-hybridized carbons (Fsp3) is 0.261. The van der Waals surface area contributed by atoms with Crippen molar-refractivity contribution in [2.75, 3.05) is 13.1 Å². The minimum atomic E-state index is -0.520. The lowest BCUT2D eigenvalue weighted by atomic mass is 9.74. The molecule has 0 bridgehead atoms. The predicted molar refractivity (Wildman–Crippen MR) is 108 cm³/mol. The fourth-order valence-electron chi connectivity index (χ4n) is 3.86. The molecule has 1 aliphatic heterocycles. The van der Waals surface area contributed by atoms with Crippen LogP contribution in [-0.4, -0.2) is 33.9 Å². The second-order valence-electron chi connectivity index (χ2n) is 7.28. The lowest BCUT2D eigenvalue weighted by molar-refractivity contribution is 0.0686. The number of hydrogen-bond donors (Lipinski definition) is 1. The van der Waals surface area contributed by atoms with Crippen molar-refractivity contribution in [1.29, 1.82) is 5.26 Å². The molecule has 0 radical (unpaired) electrons. The number of aromatic nitrogens is 2. The number of piperidine rings is 1. The summed E-state index contributed by atoms with van der Waals surface area (Å²) in [4.78, 5) is 22.7. The standard InChI is InChI=1S/C23H22N4O/c1-17-20(26-21(25-17)18-8-4-2-5-9-18)22(28)27-14-12-23(16-24,13-15-27)19-10-6-3-7-11-19/h2-11H,12-15H2,1H3,(H,25,26). The molecule has 0 saturated carbocycles. The van der Waals surface area contributed by atoms with E-state index in [9.17, 15) is 10.1 Å². The van der Waals surface area contributed by atoms with Crippen LogP contribution in [0, 0.1) is 18.3 Å². The molecule has 140 valence electrons. The van der Waals surface area contributed by atoms with Gasteiger partial charge in [-0.3, -0.25) is 4.79 Å². The molecule has 5 nitrogen and oxygen atoms in total. The van der Waals surface area contributed by atoms with E-state index in [-0.39, 0.29) is 5.91 Å². The van der Waals surface area contributed by atoms with Crippen molar-refractivity contribution < 1.29 is 4.79 Å². The minimum Gasteiger partial charge on any atom is -0.341 e. The van der Waals surface area contributed by atoms with Crippen molar-refractivity contribution in [3.63, 3.8) is 0 Å². The van der Waals surface area contributed by atoms with Crippen LogP contribution < -0.4 is 0 Å². The molecule has 1 fully saturated rings. The van der Waals surface area contributed by atoms with E-state index < -0.39 is 5.41 Å². The number of hydrogen-bond acceptors (Lipinski definition) is 3. The Morgan fingerprint density at radius 3 is 2.29 bits per heavy atom. The van der Waals surface area contributed by atoms with Crippen molar-refractivity contribution >= 4 is 5.91 Å². The van der Waals surface area contributed by atoms with Crippen LogP contribution in [0.5, 0.6) is 0 Å². The highest BCUT2D eigenvalue weighted by Crippen LogP contribution is 2.35. The number of imidazole rings is 1. The van der Waals surface area contributed by atoms with Gasteiger partial charge in [0, 0.05) is 24.3 Å². The third-order valence-electron chi connectivity index (χ3n) is 5.58. The average Bonchev–Trinajstić information content (AvgIpc) is 3.16. The zero-order chi connectivity index (χ0) is 19.6. The molecular weight excluding hydrogens is 348 g/mol. The molecule has 3 aromatic rings. The number of rotatable bonds is 3.